The van der Waals surface area contributed by atoms with Crippen molar-refractivity contribution in [1.29, 1.82) is 0 Å². The monoisotopic (exact) mass is 235 g/mol. The lowest BCUT2D eigenvalue weighted by Gasteiger charge is -2.34. The lowest BCUT2D eigenvalue weighted by atomic mass is 10.3. The first kappa shape index (κ1) is 11.9. The third-order valence-electron chi connectivity index (χ3n) is 2.79. The Bertz CT molecular complexity index is 361. The van der Waals surface area contributed by atoms with Crippen LogP contribution in [-0.2, 0) is 9.63 Å². The maximum absolute atomic E-state index is 11.1. The Kier molecular flexibility index (Phi) is 3.93. The SMILES string of the molecule is CCC(=O)ON1CCN(c2ccncc2)CC1. The van der Waals surface area contributed by atoms with Gasteiger partial charge in [-0.2, -0.15) is 0 Å². The van der Waals surface area contributed by atoms with E-state index in [1.807, 2.05) is 12.1 Å². The van der Waals surface area contributed by atoms with Crippen LogP contribution >= 0.6 is 0 Å². The average Bonchev–Trinajstić information content (AvgIpc) is 2.40. The number of hydrogen-bond donors (Lipinski definition) is 0. The van der Waals surface area contributed by atoms with E-state index >= 15 is 0 Å². The van der Waals surface area contributed by atoms with Crippen LogP contribution in [0.4, 0.5) is 5.69 Å². The molecule has 0 amide bonds. The van der Waals surface area contributed by atoms with Gasteiger partial charge >= 0.3 is 5.97 Å². The molecule has 1 aliphatic heterocycles. The molecule has 1 aliphatic rings. The number of anilines is 1. The molecule has 5 nitrogen and oxygen atoms in total. The highest BCUT2D eigenvalue weighted by atomic mass is 16.7. The Morgan fingerprint density at radius 3 is 2.53 bits per heavy atom. The molecule has 0 unspecified atom stereocenters. The summed E-state index contributed by atoms with van der Waals surface area (Å²) in [5.41, 5.74) is 1.17. The number of rotatable bonds is 3. The molecule has 0 spiro atoms. The van der Waals surface area contributed by atoms with Crippen molar-refractivity contribution < 1.29 is 9.63 Å². The van der Waals surface area contributed by atoms with Gasteiger partial charge in [-0.05, 0) is 12.1 Å². The zero-order chi connectivity index (χ0) is 12.1. The van der Waals surface area contributed by atoms with Gasteiger partial charge in [0, 0.05) is 37.6 Å². The molecule has 0 N–H and O–H groups in total. The third-order valence-corrected chi connectivity index (χ3v) is 2.79. The summed E-state index contributed by atoms with van der Waals surface area (Å²) >= 11 is 0. The van der Waals surface area contributed by atoms with E-state index < -0.39 is 0 Å². The van der Waals surface area contributed by atoms with Gasteiger partial charge in [-0.15, -0.1) is 5.06 Å². The van der Waals surface area contributed by atoms with E-state index in [0.29, 0.717) is 6.42 Å². The van der Waals surface area contributed by atoms with E-state index in [2.05, 4.69) is 9.88 Å². The summed E-state index contributed by atoms with van der Waals surface area (Å²) in [6.07, 6.45) is 4.00. The molecule has 1 saturated heterocycles. The Balaban J connectivity index is 1.84. The normalized spacial score (nSPS) is 16.9. The third kappa shape index (κ3) is 3.17. The van der Waals surface area contributed by atoms with Crippen molar-refractivity contribution >= 4 is 11.7 Å². The van der Waals surface area contributed by atoms with Gasteiger partial charge in [0.1, 0.15) is 0 Å². The standard InChI is InChI=1S/C12H17N3O2/c1-2-12(16)17-15-9-7-14(8-10-15)11-3-5-13-6-4-11/h3-6H,2,7-10H2,1H3. The summed E-state index contributed by atoms with van der Waals surface area (Å²) in [5.74, 6) is -0.164. The molecule has 2 rings (SSSR count). The summed E-state index contributed by atoms with van der Waals surface area (Å²) in [6.45, 7) is 5.01. The molecule has 92 valence electrons. The minimum atomic E-state index is -0.164. The topological polar surface area (TPSA) is 45.7 Å². The molecule has 1 aromatic heterocycles. The largest absolute Gasteiger partial charge is 0.369 e. The molecule has 17 heavy (non-hydrogen) atoms. The minimum absolute atomic E-state index is 0.164. The predicted molar refractivity (Wildman–Crippen MR) is 64.4 cm³/mol. The first-order valence-corrected chi connectivity index (χ1v) is 5.90. The number of aromatic nitrogens is 1. The first-order valence-electron chi connectivity index (χ1n) is 5.90. The Morgan fingerprint density at radius 2 is 1.94 bits per heavy atom. The lowest BCUT2D eigenvalue weighted by Crippen LogP contribution is -2.47. The molecule has 0 bridgehead atoms. The van der Waals surface area contributed by atoms with Crippen LogP contribution in [0.25, 0.3) is 0 Å². The molecular weight excluding hydrogens is 218 g/mol. The highest BCUT2D eigenvalue weighted by Crippen LogP contribution is 2.14. The average molecular weight is 235 g/mol. The summed E-state index contributed by atoms with van der Waals surface area (Å²) in [5, 5.41) is 1.74. The molecule has 0 atom stereocenters. The zero-order valence-electron chi connectivity index (χ0n) is 10.0. The Labute approximate surface area is 101 Å². The van der Waals surface area contributed by atoms with Crippen LogP contribution in [0.15, 0.2) is 24.5 Å². The maximum Gasteiger partial charge on any atom is 0.324 e. The van der Waals surface area contributed by atoms with Gasteiger partial charge in [-0.3, -0.25) is 9.78 Å². The highest BCUT2D eigenvalue weighted by Gasteiger charge is 2.19. The van der Waals surface area contributed by atoms with Crippen molar-refractivity contribution in [3.05, 3.63) is 24.5 Å². The molecule has 0 aliphatic carbocycles. The van der Waals surface area contributed by atoms with E-state index in [9.17, 15) is 4.79 Å². The van der Waals surface area contributed by atoms with Gasteiger partial charge in [0.2, 0.25) is 0 Å². The Hall–Kier alpha value is -1.62. The fraction of sp³-hybridized carbons (Fsp3) is 0.500. The van der Waals surface area contributed by atoms with E-state index in [1.54, 1.807) is 24.4 Å². The van der Waals surface area contributed by atoms with Crippen molar-refractivity contribution in [3.8, 4) is 0 Å². The number of hydroxylamine groups is 2. The van der Waals surface area contributed by atoms with E-state index in [0.717, 1.165) is 26.2 Å². The van der Waals surface area contributed by atoms with Crippen LogP contribution < -0.4 is 4.90 Å². The first-order chi connectivity index (χ1) is 8.29. The van der Waals surface area contributed by atoms with Gasteiger partial charge in [0.15, 0.2) is 0 Å². The van der Waals surface area contributed by atoms with E-state index in [1.165, 1.54) is 5.69 Å². The Morgan fingerprint density at radius 1 is 1.29 bits per heavy atom. The van der Waals surface area contributed by atoms with Gasteiger partial charge in [0.25, 0.3) is 0 Å². The summed E-state index contributed by atoms with van der Waals surface area (Å²) in [4.78, 5) is 22.6. The minimum Gasteiger partial charge on any atom is -0.369 e. The number of carbonyl (C=O) groups is 1. The predicted octanol–water partition coefficient (Wildman–Crippen LogP) is 1.07. The number of pyridine rings is 1. The van der Waals surface area contributed by atoms with E-state index in [-0.39, 0.29) is 5.97 Å². The smallest absolute Gasteiger partial charge is 0.324 e. The molecule has 0 saturated carbocycles. The van der Waals surface area contributed by atoms with Crippen LogP contribution in [0.5, 0.6) is 0 Å². The molecule has 1 fully saturated rings. The fourth-order valence-corrected chi connectivity index (χ4v) is 1.80. The zero-order valence-corrected chi connectivity index (χ0v) is 10.0. The quantitative estimate of drug-likeness (QED) is 0.784. The molecule has 2 heterocycles. The second-order valence-electron chi connectivity index (χ2n) is 3.94. The molecular formula is C12H17N3O2. The van der Waals surface area contributed by atoms with Crippen LogP contribution in [0.2, 0.25) is 0 Å². The van der Waals surface area contributed by atoms with Gasteiger partial charge < -0.3 is 9.74 Å². The molecule has 5 heteroatoms. The summed E-state index contributed by atoms with van der Waals surface area (Å²) in [6, 6.07) is 3.99. The van der Waals surface area contributed by atoms with Gasteiger partial charge in [-0.25, -0.2) is 0 Å². The number of nitrogens with zero attached hydrogens (tertiary/aromatic N) is 3. The molecule has 0 radical (unpaired) electrons. The second-order valence-corrected chi connectivity index (χ2v) is 3.94. The number of carbonyl (C=O) groups excluding carboxylic acids is 1. The van der Waals surface area contributed by atoms with Crippen molar-refractivity contribution in [3.63, 3.8) is 0 Å². The molecule has 1 aromatic rings. The summed E-state index contributed by atoms with van der Waals surface area (Å²) in [7, 11) is 0. The van der Waals surface area contributed by atoms with Gasteiger partial charge in [-0.1, -0.05) is 6.92 Å². The van der Waals surface area contributed by atoms with E-state index in [4.69, 9.17) is 4.84 Å². The highest BCUT2D eigenvalue weighted by molar-refractivity contribution is 5.68. The van der Waals surface area contributed by atoms with Crippen molar-refractivity contribution in [2.24, 2.45) is 0 Å². The fourth-order valence-electron chi connectivity index (χ4n) is 1.80. The lowest BCUT2D eigenvalue weighted by molar-refractivity contribution is -0.191. The van der Waals surface area contributed by atoms with Crippen LogP contribution in [0.3, 0.4) is 0 Å². The number of hydrogen-bond acceptors (Lipinski definition) is 5. The van der Waals surface area contributed by atoms with Crippen LogP contribution in [0, 0.1) is 0 Å². The van der Waals surface area contributed by atoms with Gasteiger partial charge in [0.05, 0.1) is 13.1 Å². The second kappa shape index (κ2) is 5.63. The van der Waals surface area contributed by atoms with Crippen molar-refractivity contribution in [2.45, 2.75) is 13.3 Å². The van der Waals surface area contributed by atoms with Crippen LogP contribution in [-0.4, -0.2) is 42.2 Å². The molecule has 0 aromatic carbocycles. The van der Waals surface area contributed by atoms with Crippen molar-refractivity contribution in [1.82, 2.24) is 10.0 Å². The van der Waals surface area contributed by atoms with Crippen LogP contribution in [0.1, 0.15) is 13.3 Å². The summed E-state index contributed by atoms with van der Waals surface area (Å²) < 4.78 is 0. The van der Waals surface area contributed by atoms with Crippen molar-refractivity contribution in [2.75, 3.05) is 31.1 Å². The maximum atomic E-state index is 11.1. The number of piperazine rings is 1.